The van der Waals surface area contributed by atoms with Crippen molar-refractivity contribution in [2.45, 2.75) is 33.2 Å². The first kappa shape index (κ1) is 15.1. The van der Waals surface area contributed by atoms with E-state index in [1.165, 1.54) is 0 Å². The van der Waals surface area contributed by atoms with Crippen molar-refractivity contribution in [3.63, 3.8) is 0 Å². The minimum absolute atomic E-state index is 0.495. The van der Waals surface area contributed by atoms with E-state index < -0.39 is 0 Å². The first-order chi connectivity index (χ1) is 10.2. The maximum absolute atomic E-state index is 5.87. The topological polar surface area (TPSA) is 68.2 Å². The van der Waals surface area contributed by atoms with Crippen LogP contribution in [0.25, 0.3) is 5.69 Å². The van der Waals surface area contributed by atoms with Crippen LogP contribution in [0.3, 0.4) is 0 Å². The number of benzene rings is 1. The molecule has 0 amide bonds. The van der Waals surface area contributed by atoms with E-state index in [-0.39, 0.29) is 0 Å². The van der Waals surface area contributed by atoms with Crippen LogP contribution in [0.4, 0.5) is 0 Å². The van der Waals surface area contributed by atoms with Gasteiger partial charge in [0.15, 0.2) is 5.96 Å². The van der Waals surface area contributed by atoms with E-state index in [1.807, 2.05) is 42.1 Å². The van der Waals surface area contributed by atoms with E-state index in [1.54, 1.807) is 0 Å². The number of rotatable bonds is 6. The van der Waals surface area contributed by atoms with Gasteiger partial charge in [-0.2, -0.15) is 5.10 Å². The summed E-state index contributed by atoms with van der Waals surface area (Å²) in [5.41, 5.74) is 9.00. The van der Waals surface area contributed by atoms with Crippen molar-refractivity contribution in [3.8, 4) is 5.69 Å². The molecule has 3 N–H and O–H groups in total. The lowest BCUT2D eigenvalue weighted by Crippen LogP contribution is -2.32. The average molecular weight is 285 g/mol. The van der Waals surface area contributed by atoms with Crippen molar-refractivity contribution < 1.29 is 0 Å². The third-order valence-corrected chi connectivity index (χ3v) is 3.22. The van der Waals surface area contributed by atoms with Crippen LogP contribution in [0.15, 0.2) is 41.5 Å². The lowest BCUT2D eigenvalue weighted by Gasteiger charge is -2.09. The van der Waals surface area contributed by atoms with Crippen molar-refractivity contribution in [3.05, 3.63) is 47.8 Å². The second kappa shape index (κ2) is 7.47. The third kappa shape index (κ3) is 4.34. The Morgan fingerprint density at radius 1 is 1.33 bits per heavy atom. The Balaban J connectivity index is 2.08. The highest BCUT2D eigenvalue weighted by Gasteiger charge is 2.04. The Bertz CT molecular complexity index is 600. The van der Waals surface area contributed by atoms with Gasteiger partial charge in [0.05, 0.1) is 17.9 Å². The summed E-state index contributed by atoms with van der Waals surface area (Å²) in [5.74, 6) is 0.495. The van der Waals surface area contributed by atoms with Crippen molar-refractivity contribution >= 4 is 5.96 Å². The summed E-state index contributed by atoms with van der Waals surface area (Å²) in [6.45, 7) is 5.54. The summed E-state index contributed by atoms with van der Waals surface area (Å²) in [6.07, 6.45) is 4.20. The van der Waals surface area contributed by atoms with Gasteiger partial charge in [-0.1, -0.05) is 31.5 Å². The van der Waals surface area contributed by atoms with Crippen molar-refractivity contribution in [2.24, 2.45) is 10.7 Å². The normalized spacial score (nSPS) is 11.6. The number of nitrogens with zero attached hydrogens (tertiary/aromatic N) is 3. The van der Waals surface area contributed by atoms with E-state index in [0.717, 1.165) is 36.3 Å². The summed E-state index contributed by atoms with van der Waals surface area (Å²) >= 11 is 0. The lowest BCUT2D eigenvalue weighted by molar-refractivity contribution is 0.747. The number of aliphatic imine (C=N–C) groups is 1. The number of nitrogens with one attached hydrogen (secondary N) is 1. The van der Waals surface area contributed by atoms with E-state index in [4.69, 9.17) is 5.73 Å². The first-order valence-corrected chi connectivity index (χ1v) is 7.35. The predicted octanol–water partition coefficient (Wildman–Crippen LogP) is 2.39. The third-order valence-electron chi connectivity index (χ3n) is 3.22. The van der Waals surface area contributed by atoms with Crippen molar-refractivity contribution in [1.82, 2.24) is 15.1 Å². The Labute approximate surface area is 125 Å². The molecule has 0 fully saturated rings. The molecule has 2 rings (SSSR count). The maximum atomic E-state index is 5.87. The second-order valence-corrected chi connectivity index (χ2v) is 5.01. The van der Waals surface area contributed by atoms with Gasteiger partial charge in [-0.05, 0) is 31.0 Å². The van der Waals surface area contributed by atoms with E-state index in [9.17, 15) is 0 Å². The van der Waals surface area contributed by atoms with Crippen LogP contribution >= 0.6 is 0 Å². The molecule has 0 saturated carbocycles. The fourth-order valence-electron chi connectivity index (χ4n) is 2.04. The molecule has 2 aromatic rings. The Morgan fingerprint density at radius 3 is 2.86 bits per heavy atom. The van der Waals surface area contributed by atoms with Gasteiger partial charge >= 0.3 is 0 Å². The number of aryl methyl sites for hydroxylation is 1. The molecule has 5 nitrogen and oxygen atoms in total. The molecular weight excluding hydrogens is 262 g/mol. The van der Waals surface area contributed by atoms with Crippen LogP contribution in [0, 0.1) is 6.92 Å². The summed E-state index contributed by atoms with van der Waals surface area (Å²) in [5, 5.41) is 7.57. The Kier molecular flexibility index (Phi) is 5.37. The van der Waals surface area contributed by atoms with Crippen LogP contribution in [-0.2, 0) is 6.54 Å². The Hall–Kier alpha value is -2.30. The minimum Gasteiger partial charge on any atom is -0.370 e. The molecule has 0 aliphatic carbocycles. The van der Waals surface area contributed by atoms with Gasteiger partial charge in [-0.25, -0.2) is 9.67 Å². The minimum atomic E-state index is 0.495. The molecule has 0 aliphatic rings. The fourth-order valence-corrected chi connectivity index (χ4v) is 2.04. The molecule has 0 unspecified atom stereocenters. The molecule has 0 spiro atoms. The van der Waals surface area contributed by atoms with Crippen LogP contribution in [0.5, 0.6) is 0 Å². The van der Waals surface area contributed by atoms with Gasteiger partial charge < -0.3 is 11.1 Å². The van der Waals surface area contributed by atoms with Gasteiger partial charge in [-0.15, -0.1) is 0 Å². The summed E-state index contributed by atoms with van der Waals surface area (Å²) < 4.78 is 1.88. The zero-order chi connectivity index (χ0) is 15.1. The van der Waals surface area contributed by atoms with Crippen molar-refractivity contribution in [1.29, 1.82) is 0 Å². The number of aromatic nitrogens is 2. The van der Waals surface area contributed by atoms with Gasteiger partial charge in [0.1, 0.15) is 0 Å². The van der Waals surface area contributed by atoms with Crippen LogP contribution < -0.4 is 11.1 Å². The van der Waals surface area contributed by atoms with Gasteiger partial charge in [0.2, 0.25) is 0 Å². The molecule has 5 heteroatoms. The molecule has 0 bridgehead atoms. The number of guanidine groups is 1. The molecule has 112 valence electrons. The van der Waals surface area contributed by atoms with Crippen molar-refractivity contribution in [2.75, 3.05) is 6.54 Å². The van der Waals surface area contributed by atoms with E-state index in [2.05, 4.69) is 28.4 Å². The highest BCUT2D eigenvalue weighted by molar-refractivity contribution is 5.77. The number of nitrogens with two attached hydrogens (primary N) is 1. The standard InChI is InChI=1S/C16H23N5/c1-3-4-10-18-16(17)19-12-14-7-5-6-8-15(14)21-11-9-13(2)20-21/h5-9,11H,3-4,10,12H2,1-2H3,(H3,17,18,19). The van der Waals surface area contributed by atoms with Crippen LogP contribution in [-0.4, -0.2) is 22.3 Å². The average Bonchev–Trinajstić information content (AvgIpc) is 2.92. The van der Waals surface area contributed by atoms with Gasteiger partial charge in [0, 0.05) is 12.7 Å². The molecule has 0 atom stereocenters. The highest BCUT2D eigenvalue weighted by Crippen LogP contribution is 2.15. The zero-order valence-corrected chi connectivity index (χ0v) is 12.7. The summed E-state index contributed by atoms with van der Waals surface area (Å²) in [7, 11) is 0. The van der Waals surface area contributed by atoms with Gasteiger partial charge in [0.25, 0.3) is 0 Å². The SMILES string of the molecule is CCCCNC(N)=NCc1ccccc1-n1ccc(C)n1. The number of hydrogen-bond acceptors (Lipinski definition) is 2. The van der Waals surface area contributed by atoms with E-state index in [0.29, 0.717) is 12.5 Å². The molecule has 1 heterocycles. The summed E-state index contributed by atoms with van der Waals surface area (Å²) in [6, 6.07) is 10.1. The highest BCUT2D eigenvalue weighted by atomic mass is 15.3. The van der Waals surface area contributed by atoms with Crippen LogP contribution in [0.2, 0.25) is 0 Å². The van der Waals surface area contributed by atoms with E-state index >= 15 is 0 Å². The number of unbranched alkanes of at least 4 members (excludes halogenated alkanes) is 1. The molecule has 0 aliphatic heterocycles. The second-order valence-electron chi connectivity index (χ2n) is 5.01. The smallest absolute Gasteiger partial charge is 0.188 e. The molecule has 21 heavy (non-hydrogen) atoms. The number of para-hydroxylation sites is 1. The number of hydrogen-bond donors (Lipinski definition) is 2. The summed E-state index contributed by atoms with van der Waals surface area (Å²) in [4.78, 5) is 4.40. The fraction of sp³-hybridized carbons (Fsp3) is 0.375. The molecular formula is C16H23N5. The van der Waals surface area contributed by atoms with Crippen LogP contribution in [0.1, 0.15) is 31.0 Å². The molecule has 0 radical (unpaired) electrons. The molecule has 1 aromatic heterocycles. The largest absolute Gasteiger partial charge is 0.370 e. The maximum Gasteiger partial charge on any atom is 0.188 e. The monoisotopic (exact) mass is 285 g/mol. The molecule has 0 saturated heterocycles. The van der Waals surface area contributed by atoms with Gasteiger partial charge in [-0.3, -0.25) is 0 Å². The predicted molar refractivity (Wildman–Crippen MR) is 86.5 cm³/mol. The first-order valence-electron chi connectivity index (χ1n) is 7.35. The molecule has 1 aromatic carbocycles. The Morgan fingerprint density at radius 2 is 2.14 bits per heavy atom. The lowest BCUT2D eigenvalue weighted by atomic mass is 10.2. The quantitative estimate of drug-likeness (QED) is 0.486. The zero-order valence-electron chi connectivity index (χ0n) is 12.7.